The van der Waals surface area contributed by atoms with Gasteiger partial charge in [0.05, 0.1) is 5.56 Å². The molecule has 1 amide bonds. The minimum absolute atomic E-state index is 0.0252. The number of carbonyl (C=O) groups is 1. The standard InChI is InChI=1S/C15H19BrINO/c1-15(7-3-2-4-8-15)10-18-14(19)12-9-11(17)5-6-13(12)16/h5-6,9H,2-4,7-8,10H2,1H3,(H,18,19). The van der Waals surface area contributed by atoms with Crippen LogP contribution in [-0.4, -0.2) is 12.5 Å². The molecular formula is C15H19BrINO. The normalized spacial score (nSPS) is 18.1. The molecular weight excluding hydrogens is 417 g/mol. The molecule has 0 unspecified atom stereocenters. The van der Waals surface area contributed by atoms with Crippen molar-refractivity contribution in [2.24, 2.45) is 5.41 Å². The van der Waals surface area contributed by atoms with E-state index < -0.39 is 0 Å². The molecule has 0 heterocycles. The first-order chi connectivity index (χ1) is 9.00. The van der Waals surface area contributed by atoms with Crippen molar-refractivity contribution in [3.63, 3.8) is 0 Å². The molecule has 19 heavy (non-hydrogen) atoms. The van der Waals surface area contributed by atoms with E-state index in [2.05, 4.69) is 50.8 Å². The molecule has 2 nitrogen and oxygen atoms in total. The van der Waals surface area contributed by atoms with Crippen LogP contribution in [0.2, 0.25) is 0 Å². The lowest BCUT2D eigenvalue weighted by Gasteiger charge is -2.33. The van der Waals surface area contributed by atoms with E-state index >= 15 is 0 Å². The summed E-state index contributed by atoms with van der Waals surface area (Å²) in [6, 6.07) is 5.84. The molecule has 2 rings (SSSR count). The Morgan fingerprint density at radius 3 is 2.74 bits per heavy atom. The first-order valence-corrected chi connectivity index (χ1v) is 8.61. The van der Waals surface area contributed by atoms with Crippen LogP contribution in [0.25, 0.3) is 0 Å². The van der Waals surface area contributed by atoms with E-state index in [0.29, 0.717) is 0 Å². The van der Waals surface area contributed by atoms with Gasteiger partial charge in [-0.1, -0.05) is 26.2 Å². The summed E-state index contributed by atoms with van der Waals surface area (Å²) in [4.78, 5) is 12.3. The van der Waals surface area contributed by atoms with Crippen LogP contribution >= 0.6 is 38.5 Å². The summed E-state index contributed by atoms with van der Waals surface area (Å²) in [5, 5.41) is 3.10. The second-order valence-electron chi connectivity index (χ2n) is 5.68. The Morgan fingerprint density at radius 1 is 1.37 bits per heavy atom. The maximum atomic E-state index is 12.3. The average Bonchev–Trinajstić information content (AvgIpc) is 2.40. The Balaban J connectivity index is 1.99. The number of halogens is 2. The molecule has 1 N–H and O–H groups in total. The van der Waals surface area contributed by atoms with Gasteiger partial charge in [-0.25, -0.2) is 0 Å². The van der Waals surface area contributed by atoms with E-state index in [1.54, 1.807) is 0 Å². The van der Waals surface area contributed by atoms with Gasteiger partial charge in [0.25, 0.3) is 5.91 Å². The first-order valence-electron chi connectivity index (χ1n) is 6.73. The van der Waals surface area contributed by atoms with Gasteiger partial charge in [-0.3, -0.25) is 4.79 Å². The Bertz CT molecular complexity index is 469. The van der Waals surface area contributed by atoms with Gasteiger partial charge in [-0.05, 0) is 75.0 Å². The summed E-state index contributed by atoms with van der Waals surface area (Å²) >= 11 is 5.68. The Morgan fingerprint density at radius 2 is 2.05 bits per heavy atom. The second kappa shape index (κ2) is 6.57. The van der Waals surface area contributed by atoms with Crippen molar-refractivity contribution >= 4 is 44.4 Å². The minimum Gasteiger partial charge on any atom is -0.351 e. The van der Waals surface area contributed by atoms with Crippen molar-refractivity contribution in [2.75, 3.05) is 6.54 Å². The third-order valence-corrected chi connectivity index (χ3v) is 5.27. The Hall–Kier alpha value is -0.100. The highest BCUT2D eigenvalue weighted by Crippen LogP contribution is 2.35. The second-order valence-corrected chi connectivity index (χ2v) is 7.78. The summed E-state index contributed by atoms with van der Waals surface area (Å²) in [7, 11) is 0. The van der Waals surface area contributed by atoms with Gasteiger partial charge in [-0.2, -0.15) is 0 Å². The van der Waals surface area contributed by atoms with Gasteiger partial charge in [0.2, 0.25) is 0 Å². The third kappa shape index (κ3) is 4.18. The number of benzene rings is 1. The Kier molecular flexibility index (Phi) is 5.29. The zero-order valence-electron chi connectivity index (χ0n) is 11.1. The molecule has 0 radical (unpaired) electrons. The van der Waals surface area contributed by atoms with Gasteiger partial charge in [0, 0.05) is 14.6 Å². The first kappa shape index (κ1) is 15.3. The Labute approximate surface area is 137 Å². The molecule has 0 saturated heterocycles. The zero-order valence-corrected chi connectivity index (χ0v) is 14.9. The molecule has 1 aromatic rings. The van der Waals surface area contributed by atoms with Crippen molar-refractivity contribution in [2.45, 2.75) is 39.0 Å². The van der Waals surface area contributed by atoms with Gasteiger partial charge in [0.15, 0.2) is 0 Å². The predicted molar refractivity (Wildman–Crippen MR) is 90.4 cm³/mol. The highest BCUT2D eigenvalue weighted by atomic mass is 127. The van der Waals surface area contributed by atoms with Crippen LogP contribution in [0.4, 0.5) is 0 Å². The molecule has 0 atom stereocenters. The molecule has 104 valence electrons. The number of hydrogen-bond donors (Lipinski definition) is 1. The number of nitrogens with one attached hydrogen (secondary N) is 1. The van der Waals surface area contributed by atoms with Crippen molar-refractivity contribution in [3.8, 4) is 0 Å². The van der Waals surface area contributed by atoms with E-state index in [1.165, 1.54) is 32.1 Å². The van der Waals surface area contributed by atoms with Crippen molar-refractivity contribution in [1.29, 1.82) is 0 Å². The summed E-state index contributed by atoms with van der Waals surface area (Å²) in [6.07, 6.45) is 6.37. The van der Waals surface area contributed by atoms with Crippen LogP contribution in [0.3, 0.4) is 0 Å². The lowest BCUT2D eigenvalue weighted by atomic mass is 9.76. The molecule has 4 heteroatoms. The minimum atomic E-state index is 0.0252. The third-order valence-electron chi connectivity index (χ3n) is 3.91. The summed E-state index contributed by atoms with van der Waals surface area (Å²) in [5.41, 5.74) is 1.01. The highest BCUT2D eigenvalue weighted by Gasteiger charge is 2.27. The monoisotopic (exact) mass is 435 g/mol. The zero-order chi connectivity index (χ0) is 13.9. The van der Waals surface area contributed by atoms with E-state index in [0.717, 1.165) is 20.2 Å². The van der Waals surface area contributed by atoms with Crippen LogP contribution in [0.5, 0.6) is 0 Å². The molecule has 0 aromatic heterocycles. The van der Waals surface area contributed by atoms with Crippen molar-refractivity contribution in [3.05, 3.63) is 31.8 Å². The van der Waals surface area contributed by atoms with Crippen LogP contribution in [0.1, 0.15) is 49.4 Å². The lowest BCUT2D eigenvalue weighted by molar-refractivity contribution is 0.0918. The van der Waals surface area contributed by atoms with E-state index in [-0.39, 0.29) is 11.3 Å². The number of rotatable bonds is 3. The van der Waals surface area contributed by atoms with Crippen LogP contribution in [0.15, 0.2) is 22.7 Å². The molecule has 0 spiro atoms. The molecule has 1 saturated carbocycles. The van der Waals surface area contributed by atoms with E-state index in [4.69, 9.17) is 0 Å². The topological polar surface area (TPSA) is 29.1 Å². The van der Waals surface area contributed by atoms with Crippen LogP contribution in [-0.2, 0) is 0 Å². The fraction of sp³-hybridized carbons (Fsp3) is 0.533. The van der Waals surface area contributed by atoms with E-state index in [9.17, 15) is 4.79 Å². The maximum Gasteiger partial charge on any atom is 0.252 e. The number of amides is 1. The van der Waals surface area contributed by atoms with Gasteiger partial charge < -0.3 is 5.32 Å². The molecule has 1 aromatic carbocycles. The summed E-state index contributed by atoms with van der Waals surface area (Å²) in [6.45, 7) is 3.07. The fourth-order valence-corrected chi connectivity index (χ4v) is 3.56. The summed E-state index contributed by atoms with van der Waals surface area (Å²) in [5.74, 6) is 0.0252. The van der Waals surface area contributed by atoms with Gasteiger partial charge in [-0.15, -0.1) is 0 Å². The highest BCUT2D eigenvalue weighted by molar-refractivity contribution is 14.1. The maximum absolute atomic E-state index is 12.3. The van der Waals surface area contributed by atoms with Crippen LogP contribution in [0, 0.1) is 8.99 Å². The van der Waals surface area contributed by atoms with E-state index in [1.807, 2.05) is 18.2 Å². The molecule has 1 aliphatic carbocycles. The summed E-state index contributed by atoms with van der Waals surface area (Å²) < 4.78 is 1.94. The lowest BCUT2D eigenvalue weighted by Crippen LogP contribution is -2.37. The fourth-order valence-electron chi connectivity index (χ4n) is 2.64. The average molecular weight is 436 g/mol. The molecule has 0 bridgehead atoms. The van der Waals surface area contributed by atoms with Crippen molar-refractivity contribution < 1.29 is 4.79 Å². The van der Waals surface area contributed by atoms with Gasteiger partial charge in [0.1, 0.15) is 0 Å². The van der Waals surface area contributed by atoms with Crippen LogP contribution < -0.4 is 5.32 Å². The largest absolute Gasteiger partial charge is 0.351 e. The molecule has 1 aliphatic rings. The predicted octanol–water partition coefficient (Wildman–Crippen LogP) is 4.75. The quantitative estimate of drug-likeness (QED) is 0.681. The molecule has 0 aliphatic heterocycles. The smallest absolute Gasteiger partial charge is 0.252 e. The SMILES string of the molecule is CC1(CNC(=O)c2cc(I)ccc2Br)CCCCC1. The number of hydrogen-bond acceptors (Lipinski definition) is 1. The molecule has 1 fully saturated rings. The van der Waals surface area contributed by atoms with Crippen molar-refractivity contribution in [1.82, 2.24) is 5.32 Å². The van der Waals surface area contributed by atoms with Gasteiger partial charge >= 0.3 is 0 Å². The number of carbonyl (C=O) groups excluding carboxylic acids is 1.